The van der Waals surface area contributed by atoms with Crippen molar-refractivity contribution in [3.63, 3.8) is 0 Å². The van der Waals surface area contributed by atoms with Crippen LogP contribution in [0, 0.1) is 0 Å². The van der Waals surface area contributed by atoms with Crippen molar-refractivity contribution in [1.29, 1.82) is 0 Å². The Morgan fingerprint density at radius 3 is 1.27 bits per heavy atom. The topological polar surface area (TPSA) is 18.5 Å². The highest BCUT2D eigenvalue weighted by Crippen LogP contribution is 2.26. The van der Waals surface area contributed by atoms with Crippen LogP contribution in [-0.2, 0) is 4.74 Å². The summed E-state index contributed by atoms with van der Waals surface area (Å²) in [6, 6.07) is 17.4. The first-order valence-corrected chi connectivity index (χ1v) is 17.2. The minimum atomic E-state index is 0.147. The summed E-state index contributed by atoms with van der Waals surface area (Å²) < 4.78 is 12.1. The second-order valence-corrected chi connectivity index (χ2v) is 11.9. The Labute approximate surface area is 248 Å². The van der Waals surface area contributed by atoms with Crippen molar-refractivity contribution in [3.05, 3.63) is 54.1 Å². The largest absolute Gasteiger partial charge is 0.494 e. The molecule has 0 aliphatic carbocycles. The minimum absolute atomic E-state index is 0.147. The number of unbranched alkanes of at least 4 members (excludes halogenated alkanes) is 18. The predicted octanol–water partition coefficient (Wildman–Crippen LogP) is 12.7. The van der Waals surface area contributed by atoms with Crippen molar-refractivity contribution in [3.8, 4) is 16.9 Å². The predicted molar refractivity (Wildman–Crippen MR) is 175 cm³/mol. The number of benzene rings is 2. The van der Waals surface area contributed by atoms with Gasteiger partial charge in [0, 0.05) is 6.61 Å². The maximum atomic E-state index is 6.15. The summed E-state index contributed by atoms with van der Waals surface area (Å²) in [4.78, 5) is 0. The lowest BCUT2D eigenvalue weighted by Crippen LogP contribution is -2.01. The van der Waals surface area contributed by atoms with E-state index in [1.165, 1.54) is 139 Å². The van der Waals surface area contributed by atoms with Crippen molar-refractivity contribution in [2.75, 3.05) is 13.2 Å². The molecule has 0 aliphatic rings. The first-order chi connectivity index (χ1) is 19.7. The highest BCUT2D eigenvalue weighted by atomic mass is 16.5. The van der Waals surface area contributed by atoms with Crippen LogP contribution in [-0.4, -0.2) is 13.2 Å². The third kappa shape index (κ3) is 16.5. The van der Waals surface area contributed by atoms with E-state index in [0.717, 1.165) is 25.4 Å². The maximum Gasteiger partial charge on any atom is 0.119 e. The van der Waals surface area contributed by atoms with Crippen molar-refractivity contribution >= 4 is 0 Å². The van der Waals surface area contributed by atoms with E-state index in [4.69, 9.17) is 9.47 Å². The fraction of sp³-hybridized carbons (Fsp3) is 0.684. The molecular formula is C38H62O2. The Morgan fingerprint density at radius 2 is 0.825 bits per heavy atom. The normalized spacial score (nSPS) is 12.1. The van der Waals surface area contributed by atoms with Crippen LogP contribution in [0.3, 0.4) is 0 Å². The second-order valence-electron chi connectivity index (χ2n) is 11.9. The molecule has 0 spiro atoms. The van der Waals surface area contributed by atoms with Crippen LogP contribution in [0.25, 0.3) is 11.1 Å². The van der Waals surface area contributed by atoms with Crippen molar-refractivity contribution in [2.24, 2.45) is 0 Å². The van der Waals surface area contributed by atoms with E-state index >= 15 is 0 Å². The van der Waals surface area contributed by atoms with E-state index in [0.29, 0.717) is 0 Å². The van der Waals surface area contributed by atoms with Gasteiger partial charge >= 0.3 is 0 Å². The molecule has 226 valence electrons. The molecule has 2 rings (SSSR count). The zero-order valence-electron chi connectivity index (χ0n) is 26.6. The summed E-state index contributed by atoms with van der Waals surface area (Å²) >= 11 is 0. The van der Waals surface area contributed by atoms with Crippen LogP contribution in [0.1, 0.15) is 161 Å². The molecule has 0 heterocycles. The average Bonchev–Trinajstić information content (AvgIpc) is 2.99. The Kier molecular flexibility index (Phi) is 20.5. The van der Waals surface area contributed by atoms with Gasteiger partial charge < -0.3 is 9.47 Å². The SMILES string of the molecule is CCCCCCCCCCCCCCOC(C)c1ccc(-c2ccc(OCCCCCCCCCC)cc2)cc1. The molecule has 2 aromatic rings. The Morgan fingerprint density at radius 1 is 0.450 bits per heavy atom. The molecule has 2 heteroatoms. The number of hydrogen-bond donors (Lipinski definition) is 0. The highest BCUT2D eigenvalue weighted by molar-refractivity contribution is 5.64. The van der Waals surface area contributed by atoms with Crippen molar-refractivity contribution in [2.45, 2.75) is 155 Å². The summed E-state index contributed by atoms with van der Waals surface area (Å²) in [5, 5.41) is 0. The molecule has 40 heavy (non-hydrogen) atoms. The van der Waals surface area contributed by atoms with Gasteiger partial charge in [-0.3, -0.25) is 0 Å². The molecule has 1 atom stereocenters. The molecule has 0 aliphatic heterocycles. The summed E-state index contributed by atoms with van der Waals surface area (Å²) in [5.41, 5.74) is 3.73. The third-order valence-corrected chi connectivity index (χ3v) is 8.20. The summed E-state index contributed by atoms with van der Waals surface area (Å²) in [6.45, 7) is 8.42. The van der Waals surface area contributed by atoms with Gasteiger partial charge in [0.2, 0.25) is 0 Å². The molecule has 2 nitrogen and oxygen atoms in total. The summed E-state index contributed by atoms with van der Waals surface area (Å²) in [5.74, 6) is 0.975. The zero-order valence-corrected chi connectivity index (χ0v) is 26.6. The average molecular weight is 551 g/mol. The van der Waals surface area contributed by atoms with E-state index in [9.17, 15) is 0 Å². The molecule has 0 N–H and O–H groups in total. The fourth-order valence-electron chi connectivity index (χ4n) is 5.42. The van der Waals surface area contributed by atoms with Crippen LogP contribution in [0.5, 0.6) is 5.75 Å². The van der Waals surface area contributed by atoms with Gasteiger partial charge in [0.15, 0.2) is 0 Å². The van der Waals surface area contributed by atoms with Crippen LogP contribution >= 0.6 is 0 Å². The lowest BCUT2D eigenvalue weighted by Gasteiger charge is -2.14. The number of rotatable bonds is 26. The monoisotopic (exact) mass is 550 g/mol. The van der Waals surface area contributed by atoms with E-state index in [1.54, 1.807) is 0 Å². The molecular weight excluding hydrogens is 488 g/mol. The van der Waals surface area contributed by atoms with Gasteiger partial charge in [0.1, 0.15) is 5.75 Å². The smallest absolute Gasteiger partial charge is 0.119 e. The zero-order chi connectivity index (χ0) is 28.5. The van der Waals surface area contributed by atoms with Gasteiger partial charge in [-0.1, -0.05) is 166 Å². The van der Waals surface area contributed by atoms with E-state index in [-0.39, 0.29) is 6.10 Å². The van der Waals surface area contributed by atoms with Crippen LogP contribution in [0.2, 0.25) is 0 Å². The molecule has 0 radical (unpaired) electrons. The Hall–Kier alpha value is -1.80. The van der Waals surface area contributed by atoms with Crippen LogP contribution < -0.4 is 4.74 Å². The second kappa shape index (κ2) is 23.9. The first-order valence-electron chi connectivity index (χ1n) is 17.2. The molecule has 0 saturated carbocycles. The molecule has 1 unspecified atom stereocenters. The van der Waals surface area contributed by atoms with Gasteiger partial charge in [-0.05, 0) is 48.6 Å². The summed E-state index contributed by atoms with van der Waals surface area (Å²) in [7, 11) is 0. The quantitative estimate of drug-likeness (QED) is 0.108. The van der Waals surface area contributed by atoms with Gasteiger partial charge in [-0.15, -0.1) is 0 Å². The fourth-order valence-corrected chi connectivity index (χ4v) is 5.42. The van der Waals surface area contributed by atoms with E-state index in [2.05, 4.69) is 69.3 Å². The lowest BCUT2D eigenvalue weighted by molar-refractivity contribution is 0.0627. The molecule has 0 saturated heterocycles. The Bertz CT molecular complexity index is 810. The number of hydrogen-bond acceptors (Lipinski definition) is 2. The Balaban J connectivity index is 1.53. The maximum absolute atomic E-state index is 6.15. The van der Waals surface area contributed by atoms with Gasteiger partial charge in [0.05, 0.1) is 12.7 Å². The first kappa shape index (κ1) is 34.4. The standard InChI is InChI=1S/C38H62O2/c1-4-6-8-10-12-14-15-16-17-19-20-22-32-39-34(3)35-24-26-36(27-25-35)37-28-30-38(31-29-37)40-33-23-21-18-13-11-9-7-5-2/h24-31,34H,4-23,32-33H2,1-3H3. The highest BCUT2D eigenvalue weighted by Gasteiger charge is 2.07. The van der Waals surface area contributed by atoms with Crippen LogP contribution in [0.15, 0.2) is 48.5 Å². The van der Waals surface area contributed by atoms with Gasteiger partial charge in [-0.25, -0.2) is 0 Å². The lowest BCUT2D eigenvalue weighted by atomic mass is 10.0. The summed E-state index contributed by atoms with van der Waals surface area (Å²) in [6.07, 6.45) is 27.3. The van der Waals surface area contributed by atoms with E-state index < -0.39 is 0 Å². The molecule has 0 aromatic heterocycles. The van der Waals surface area contributed by atoms with Crippen molar-refractivity contribution in [1.82, 2.24) is 0 Å². The molecule has 0 bridgehead atoms. The van der Waals surface area contributed by atoms with Crippen molar-refractivity contribution < 1.29 is 9.47 Å². The van der Waals surface area contributed by atoms with E-state index in [1.807, 2.05) is 0 Å². The molecule has 2 aromatic carbocycles. The van der Waals surface area contributed by atoms with Gasteiger partial charge in [0.25, 0.3) is 0 Å². The number of ether oxygens (including phenoxy) is 2. The van der Waals surface area contributed by atoms with Crippen LogP contribution in [0.4, 0.5) is 0 Å². The molecule has 0 amide bonds. The minimum Gasteiger partial charge on any atom is -0.494 e. The molecule has 0 fully saturated rings. The van der Waals surface area contributed by atoms with Gasteiger partial charge in [-0.2, -0.15) is 0 Å². The third-order valence-electron chi connectivity index (χ3n) is 8.20.